The van der Waals surface area contributed by atoms with E-state index in [0.29, 0.717) is 32.6 Å². The van der Waals surface area contributed by atoms with E-state index in [1.807, 2.05) is 18.7 Å². The molecule has 5 heteroatoms. The topological polar surface area (TPSA) is 53.2 Å². The minimum Gasteiger partial charge on any atom is -0.371 e. The summed E-state index contributed by atoms with van der Waals surface area (Å²) >= 11 is 0. The summed E-state index contributed by atoms with van der Waals surface area (Å²) in [5.41, 5.74) is 0. The Hall–Kier alpha value is -1.10. The summed E-state index contributed by atoms with van der Waals surface area (Å²) in [6.07, 6.45) is 0.664. The van der Waals surface area contributed by atoms with Gasteiger partial charge in [0.2, 0.25) is 11.8 Å². The van der Waals surface area contributed by atoms with Crippen LogP contribution in [0.3, 0.4) is 0 Å². The van der Waals surface area contributed by atoms with Crippen LogP contribution in [0.1, 0.15) is 20.3 Å². The molecule has 0 spiro atoms. The highest BCUT2D eigenvalue weighted by Gasteiger charge is 2.30. The lowest BCUT2D eigenvalue weighted by molar-refractivity contribution is -0.134. The van der Waals surface area contributed by atoms with Gasteiger partial charge in [-0.3, -0.25) is 9.59 Å². The van der Waals surface area contributed by atoms with Gasteiger partial charge >= 0.3 is 0 Å². The van der Waals surface area contributed by atoms with Crippen molar-refractivity contribution in [2.75, 3.05) is 32.8 Å². The van der Waals surface area contributed by atoms with Crippen molar-refractivity contribution in [2.45, 2.75) is 26.4 Å². The van der Waals surface area contributed by atoms with Crippen LogP contribution < -0.4 is 0 Å². The van der Waals surface area contributed by atoms with Gasteiger partial charge < -0.3 is 14.5 Å². The first kappa shape index (κ1) is 12.4. The van der Waals surface area contributed by atoms with Crippen molar-refractivity contribution in [3.63, 3.8) is 0 Å². The van der Waals surface area contributed by atoms with E-state index in [9.17, 15) is 9.59 Å². The molecule has 0 saturated carbocycles. The minimum atomic E-state index is 0.00316. The molecule has 5 nitrogen and oxygen atoms in total. The van der Waals surface area contributed by atoms with Crippen LogP contribution in [0.2, 0.25) is 0 Å². The number of hydrogen-bond acceptors (Lipinski definition) is 3. The summed E-state index contributed by atoms with van der Waals surface area (Å²) in [4.78, 5) is 27.3. The molecule has 0 aromatic heterocycles. The van der Waals surface area contributed by atoms with Gasteiger partial charge in [0.1, 0.15) is 0 Å². The highest BCUT2D eigenvalue weighted by Crippen LogP contribution is 2.14. The largest absolute Gasteiger partial charge is 0.371 e. The van der Waals surface area contributed by atoms with Gasteiger partial charge in [-0.05, 0) is 0 Å². The molecule has 2 saturated heterocycles. The normalized spacial score (nSPS) is 25.1. The molecule has 17 heavy (non-hydrogen) atoms. The van der Waals surface area contributed by atoms with E-state index in [2.05, 4.69) is 0 Å². The maximum Gasteiger partial charge on any atom is 0.225 e. The van der Waals surface area contributed by atoms with Crippen molar-refractivity contribution in [1.82, 2.24) is 9.80 Å². The molecule has 2 fully saturated rings. The Balaban J connectivity index is 1.90. The molecule has 0 N–H and O–H groups in total. The fourth-order valence-electron chi connectivity index (χ4n) is 2.06. The van der Waals surface area contributed by atoms with Gasteiger partial charge in [0, 0.05) is 38.5 Å². The molecule has 2 heterocycles. The van der Waals surface area contributed by atoms with Gasteiger partial charge in [0.25, 0.3) is 0 Å². The SMILES string of the molecule is CC(C)C(=O)N1CCC(=O)N(C[C@H]2CO2)CC1. The van der Waals surface area contributed by atoms with Crippen molar-refractivity contribution < 1.29 is 14.3 Å². The second kappa shape index (κ2) is 5.04. The van der Waals surface area contributed by atoms with Crippen molar-refractivity contribution >= 4 is 11.8 Å². The maximum atomic E-state index is 11.9. The molecule has 2 aliphatic heterocycles. The van der Waals surface area contributed by atoms with E-state index in [4.69, 9.17) is 4.74 Å². The van der Waals surface area contributed by atoms with Gasteiger partial charge in [-0.25, -0.2) is 0 Å². The maximum absolute atomic E-state index is 11.9. The fourth-order valence-corrected chi connectivity index (χ4v) is 2.06. The average molecular weight is 240 g/mol. The Labute approximate surface area is 102 Å². The van der Waals surface area contributed by atoms with Crippen LogP contribution in [0.25, 0.3) is 0 Å². The quantitative estimate of drug-likeness (QED) is 0.658. The highest BCUT2D eigenvalue weighted by atomic mass is 16.6. The van der Waals surface area contributed by atoms with Gasteiger partial charge in [-0.2, -0.15) is 0 Å². The lowest BCUT2D eigenvalue weighted by Gasteiger charge is -2.23. The van der Waals surface area contributed by atoms with Crippen LogP contribution in [-0.4, -0.2) is 60.5 Å². The van der Waals surface area contributed by atoms with Gasteiger partial charge in [-0.1, -0.05) is 13.8 Å². The fraction of sp³-hybridized carbons (Fsp3) is 0.833. The molecular weight excluding hydrogens is 220 g/mol. The summed E-state index contributed by atoms with van der Waals surface area (Å²) in [5.74, 6) is 0.283. The molecule has 0 aliphatic carbocycles. The zero-order valence-corrected chi connectivity index (χ0v) is 10.5. The monoisotopic (exact) mass is 240 g/mol. The minimum absolute atomic E-state index is 0.00316. The van der Waals surface area contributed by atoms with Crippen LogP contribution in [-0.2, 0) is 14.3 Å². The summed E-state index contributed by atoms with van der Waals surface area (Å²) in [5, 5.41) is 0. The molecule has 2 amide bonds. The molecule has 0 aromatic carbocycles. The third-order valence-corrected chi connectivity index (χ3v) is 3.22. The van der Waals surface area contributed by atoms with Crippen molar-refractivity contribution in [3.8, 4) is 0 Å². The summed E-state index contributed by atoms with van der Waals surface area (Å²) < 4.78 is 5.14. The number of carbonyl (C=O) groups excluding carboxylic acids is 2. The second-order valence-corrected chi connectivity index (χ2v) is 5.03. The van der Waals surface area contributed by atoms with Crippen LogP contribution in [0.5, 0.6) is 0 Å². The van der Waals surface area contributed by atoms with Crippen LogP contribution >= 0.6 is 0 Å². The van der Waals surface area contributed by atoms with Crippen LogP contribution in [0, 0.1) is 5.92 Å². The van der Waals surface area contributed by atoms with Crippen molar-refractivity contribution in [3.05, 3.63) is 0 Å². The average Bonchev–Trinajstić information content (AvgIpc) is 3.10. The van der Waals surface area contributed by atoms with E-state index in [1.54, 1.807) is 4.90 Å². The number of epoxide rings is 1. The van der Waals surface area contributed by atoms with E-state index in [1.165, 1.54) is 0 Å². The molecule has 96 valence electrons. The Kier molecular flexibility index (Phi) is 3.66. The Bertz CT molecular complexity index is 313. The molecular formula is C12H20N2O3. The summed E-state index contributed by atoms with van der Waals surface area (Å²) in [6.45, 7) is 7.07. The molecule has 1 atom stereocenters. The van der Waals surface area contributed by atoms with E-state index >= 15 is 0 Å². The Morgan fingerprint density at radius 1 is 1.41 bits per heavy atom. The zero-order valence-electron chi connectivity index (χ0n) is 10.5. The third-order valence-electron chi connectivity index (χ3n) is 3.22. The summed E-state index contributed by atoms with van der Waals surface area (Å²) in [7, 11) is 0. The van der Waals surface area contributed by atoms with Crippen molar-refractivity contribution in [2.24, 2.45) is 5.92 Å². The molecule has 0 bridgehead atoms. The lowest BCUT2D eigenvalue weighted by atomic mass is 10.2. The number of nitrogens with zero attached hydrogens (tertiary/aromatic N) is 2. The Morgan fingerprint density at radius 2 is 2.12 bits per heavy atom. The zero-order chi connectivity index (χ0) is 12.4. The highest BCUT2D eigenvalue weighted by molar-refractivity contribution is 5.81. The van der Waals surface area contributed by atoms with Crippen LogP contribution in [0.15, 0.2) is 0 Å². The molecule has 0 radical (unpaired) electrons. The number of amides is 2. The van der Waals surface area contributed by atoms with E-state index in [0.717, 1.165) is 6.61 Å². The number of carbonyl (C=O) groups is 2. The second-order valence-electron chi connectivity index (χ2n) is 5.03. The number of rotatable bonds is 3. The van der Waals surface area contributed by atoms with E-state index < -0.39 is 0 Å². The lowest BCUT2D eigenvalue weighted by Crippen LogP contribution is -2.38. The Morgan fingerprint density at radius 3 is 2.71 bits per heavy atom. The smallest absolute Gasteiger partial charge is 0.225 e. The van der Waals surface area contributed by atoms with Crippen molar-refractivity contribution in [1.29, 1.82) is 0 Å². The van der Waals surface area contributed by atoms with Gasteiger partial charge in [-0.15, -0.1) is 0 Å². The third kappa shape index (κ3) is 3.19. The predicted molar refractivity (Wildman–Crippen MR) is 62.4 cm³/mol. The first-order chi connectivity index (χ1) is 8.08. The summed E-state index contributed by atoms with van der Waals surface area (Å²) in [6, 6.07) is 0. The number of ether oxygens (including phenoxy) is 1. The van der Waals surface area contributed by atoms with E-state index in [-0.39, 0.29) is 23.8 Å². The number of hydrogen-bond donors (Lipinski definition) is 0. The van der Waals surface area contributed by atoms with Gasteiger partial charge in [0.15, 0.2) is 0 Å². The van der Waals surface area contributed by atoms with Crippen LogP contribution in [0.4, 0.5) is 0 Å². The molecule has 0 unspecified atom stereocenters. The van der Waals surface area contributed by atoms with Gasteiger partial charge in [0.05, 0.1) is 12.7 Å². The standard InChI is InChI=1S/C12H20N2O3/c1-9(2)12(16)13-4-3-11(15)14(6-5-13)7-10-8-17-10/h9-10H,3-8H2,1-2H3/t10-/m0/s1. The predicted octanol–water partition coefficient (Wildman–Crippen LogP) is 0.102. The molecule has 0 aromatic rings. The molecule has 2 rings (SSSR count). The molecule has 2 aliphatic rings. The first-order valence-electron chi connectivity index (χ1n) is 6.26. The first-order valence-corrected chi connectivity index (χ1v) is 6.26.